The fourth-order valence-electron chi connectivity index (χ4n) is 1.79. The average molecular weight is 184 g/mol. The first-order valence-corrected chi connectivity index (χ1v) is 3.72. The minimum atomic E-state index is -2.35. The van der Waals surface area contributed by atoms with Gasteiger partial charge in [-0.05, 0) is 18.3 Å². The van der Waals surface area contributed by atoms with Crippen LogP contribution in [0.15, 0.2) is 0 Å². The van der Waals surface area contributed by atoms with Crippen molar-refractivity contribution in [2.75, 3.05) is 0 Å². The molecule has 0 aromatic heterocycles. The molecule has 0 bridgehead atoms. The first-order chi connectivity index (χ1) is 4.58. The highest BCUT2D eigenvalue weighted by atomic mass is 35.5. The predicted octanol–water partition coefficient (Wildman–Crippen LogP) is 1.80. The van der Waals surface area contributed by atoms with E-state index in [0.717, 1.165) is 6.42 Å². The molecule has 0 heterocycles. The first-order valence-electron chi connectivity index (χ1n) is 3.72. The highest BCUT2D eigenvalue weighted by molar-refractivity contribution is 5.85. The van der Waals surface area contributed by atoms with Crippen LogP contribution in [0.4, 0.5) is 8.78 Å². The number of halogens is 3. The van der Waals surface area contributed by atoms with Crippen molar-refractivity contribution in [2.45, 2.75) is 31.2 Å². The molecule has 4 heteroatoms. The van der Waals surface area contributed by atoms with Crippen LogP contribution >= 0.6 is 12.4 Å². The highest BCUT2D eigenvalue weighted by Crippen LogP contribution is 2.52. The summed E-state index contributed by atoms with van der Waals surface area (Å²) in [4.78, 5) is 0. The molecule has 2 aliphatic rings. The van der Waals surface area contributed by atoms with Crippen molar-refractivity contribution in [3.8, 4) is 0 Å². The SMILES string of the molecule is Cl.N[C@@H]1C[C@H]1C1CC(F)(F)C1. The molecule has 2 N–H and O–H groups in total. The summed E-state index contributed by atoms with van der Waals surface area (Å²) in [7, 11) is 0. The Balaban J connectivity index is 0.000000605. The van der Waals surface area contributed by atoms with E-state index in [0.29, 0.717) is 5.92 Å². The van der Waals surface area contributed by atoms with Gasteiger partial charge in [-0.2, -0.15) is 0 Å². The Bertz CT molecular complexity index is 155. The summed E-state index contributed by atoms with van der Waals surface area (Å²) in [6, 6.07) is 0.237. The van der Waals surface area contributed by atoms with Gasteiger partial charge in [-0.25, -0.2) is 8.78 Å². The van der Waals surface area contributed by atoms with E-state index in [-0.39, 0.29) is 37.2 Å². The van der Waals surface area contributed by atoms with E-state index in [1.54, 1.807) is 0 Å². The monoisotopic (exact) mass is 183 g/mol. The minimum Gasteiger partial charge on any atom is -0.327 e. The number of rotatable bonds is 1. The molecule has 66 valence electrons. The topological polar surface area (TPSA) is 26.0 Å². The van der Waals surface area contributed by atoms with Crippen molar-refractivity contribution >= 4 is 12.4 Å². The molecule has 0 aliphatic heterocycles. The van der Waals surface area contributed by atoms with Gasteiger partial charge in [0.1, 0.15) is 0 Å². The molecule has 2 rings (SSSR count). The van der Waals surface area contributed by atoms with Gasteiger partial charge in [0.25, 0.3) is 0 Å². The first kappa shape index (κ1) is 9.20. The molecule has 0 unspecified atom stereocenters. The third kappa shape index (κ3) is 1.64. The van der Waals surface area contributed by atoms with Crippen LogP contribution in [-0.4, -0.2) is 12.0 Å². The predicted molar refractivity (Wildman–Crippen MR) is 41.0 cm³/mol. The van der Waals surface area contributed by atoms with Crippen molar-refractivity contribution in [1.82, 2.24) is 0 Å². The van der Waals surface area contributed by atoms with Gasteiger partial charge < -0.3 is 5.73 Å². The van der Waals surface area contributed by atoms with Gasteiger partial charge in [0, 0.05) is 18.9 Å². The van der Waals surface area contributed by atoms with Crippen LogP contribution in [0, 0.1) is 11.8 Å². The van der Waals surface area contributed by atoms with E-state index in [4.69, 9.17) is 5.73 Å². The van der Waals surface area contributed by atoms with Gasteiger partial charge >= 0.3 is 0 Å². The average Bonchev–Trinajstić information content (AvgIpc) is 2.40. The molecular weight excluding hydrogens is 172 g/mol. The molecule has 2 saturated carbocycles. The maximum absolute atomic E-state index is 12.3. The Morgan fingerprint density at radius 1 is 1.27 bits per heavy atom. The summed E-state index contributed by atoms with van der Waals surface area (Å²) in [5, 5.41) is 0. The largest absolute Gasteiger partial charge is 0.327 e. The molecule has 0 saturated heterocycles. The Hall–Kier alpha value is 0.110. The fourth-order valence-corrected chi connectivity index (χ4v) is 1.79. The summed E-state index contributed by atoms with van der Waals surface area (Å²) >= 11 is 0. The van der Waals surface area contributed by atoms with Gasteiger partial charge in [-0.15, -0.1) is 12.4 Å². The highest BCUT2D eigenvalue weighted by Gasteiger charge is 2.54. The van der Waals surface area contributed by atoms with Gasteiger partial charge in [-0.1, -0.05) is 0 Å². The lowest BCUT2D eigenvalue weighted by Crippen LogP contribution is -2.37. The van der Waals surface area contributed by atoms with Crippen LogP contribution in [0.5, 0.6) is 0 Å². The standard InChI is InChI=1S/C7H11F2N.ClH/c8-7(9)2-4(3-7)5-1-6(5)10;/h4-6H,1-3,10H2;1H/t5-,6+;/m0./s1. The third-order valence-electron chi connectivity index (χ3n) is 2.62. The summed E-state index contributed by atoms with van der Waals surface area (Å²) in [5.41, 5.74) is 5.52. The number of hydrogen-bond acceptors (Lipinski definition) is 1. The van der Waals surface area contributed by atoms with E-state index < -0.39 is 5.92 Å². The molecule has 2 atom stereocenters. The minimum absolute atomic E-state index is 0. The second-order valence-corrected chi connectivity index (χ2v) is 3.59. The Kier molecular flexibility index (Phi) is 2.14. The normalized spacial score (nSPS) is 40.6. The van der Waals surface area contributed by atoms with Crippen LogP contribution in [-0.2, 0) is 0 Å². The van der Waals surface area contributed by atoms with E-state index in [9.17, 15) is 8.78 Å². The smallest absolute Gasteiger partial charge is 0.248 e. The Morgan fingerprint density at radius 2 is 1.73 bits per heavy atom. The van der Waals surface area contributed by atoms with Crippen LogP contribution in [0.25, 0.3) is 0 Å². The lowest BCUT2D eigenvalue weighted by molar-refractivity contribution is -0.116. The van der Waals surface area contributed by atoms with E-state index in [2.05, 4.69) is 0 Å². The van der Waals surface area contributed by atoms with E-state index >= 15 is 0 Å². The van der Waals surface area contributed by atoms with Gasteiger partial charge in [0.05, 0.1) is 0 Å². The molecule has 2 aliphatic carbocycles. The lowest BCUT2D eigenvalue weighted by Gasteiger charge is -2.35. The van der Waals surface area contributed by atoms with Gasteiger partial charge in [-0.3, -0.25) is 0 Å². The molecule has 0 spiro atoms. The summed E-state index contributed by atoms with van der Waals surface area (Å²) < 4.78 is 24.5. The van der Waals surface area contributed by atoms with E-state index in [1.807, 2.05) is 0 Å². The molecule has 0 aromatic carbocycles. The maximum atomic E-state index is 12.3. The number of nitrogens with two attached hydrogens (primary N) is 1. The van der Waals surface area contributed by atoms with Crippen molar-refractivity contribution in [2.24, 2.45) is 17.6 Å². The summed E-state index contributed by atoms with van der Waals surface area (Å²) in [5.74, 6) is -1.68. The molecule has 11 heavy (non-hydrogen) atoms. The zero-order valence-corrected chi connectivity index (χ0v) is 6.91. The number of alkyl halides is 2. The zero-order valence-electron chi connectivity index (χ0n) is 6.09. The maximum Gasteiger partial charge on any atom is 0.248 e. The third-order valence-corrected chi connectivity index (χ3v) is 2.62. The van der Waals surface area contributed by atoms with Crippen molar-refractivity contribution in [3.05, 3.63) is 0 Å². The van der Waals surface area contributed by atoms with Crippen LogP contribution in [0.2, 0.25) is 0 Å². The quantitative estimate of drug-likeness (QED) is 0.659. The molecular formula is C7H12ClF2N. The lowest BCUT2D eigenvalue weighted by atomic mass is 9.78. The number of hydrogen-bond donors (Lipinski definition) is 1. The molecule has 0 radical (unpaired) electrons. The second kappa shape index (κ2) is 2.56. The molecule has 1 nitrogen and oxygen atoms in total. The van der Waals surface area contributed by atoms with Crippen molar-refractivity contribution in [1.29, 1.82) is 0 Å². The summed E-state index contributed by atoms with van der Waals surface area (Å²) in [6.07, 6.45) is 1.15. The second-order valence-electron chi connectivity index (χ2n) is 3.59. The van der Waals surface area contributed by atoms with E-state index in [1.165, 1.54) is 0 Å². The van der Waals surface area contributed by atoms with Crippen LogP contribution in [0.1, 0.15) is 19.3 Å². The fraction of sp³-hybridized carbons (Fsp3) is 1.00. The molecule has 2 fully saturated rings. The Morgan fingerprint density at radius 3 is 2.00 bits per heavy atom. The van der Waals surface area contributed by atoms with Crippen LogP contribution in [0.3, 0.4) is 0 Å². The Labute approximate surface area is 70.7 Å². The summed E-state index contributed by atoms with van der Waals surface area (Å²) in [6.45, 7) is 0. The van der Waals surface area contributed by atoms with Crippen molar-refractivity contribution in [3.63, 3.8) is 0 Å². The zero-order chi connectivity index (χ0) is 7.35. The molecule has 0 aromatic rings. The van der Waals surface area contributed by atoms with Crippen molar-refractivity contribution < 1.29 is 8.78 Å². The van der Waals surface area contributed by atoms with Gasteiger partial charge in [0.2, 0.25) is 5.92 Å². The molecule has 0 amide bonds. The van der Waals surface area contributed by atoms with Crippen LogP contribution < -0.4 is 5.73 Å². The van der Waals surface area contributed by atoms with Gasteiger partial charge in [0.15, 0.2) is 0 Å².